The summed E-state index contributed by atoms with van der Waals surface area (Å²) >= 11 is 0. The molecule has 0 radical (unpaired) electrons. The number of aromatic amines is 1. The van der Waals surface area contributed by atoms with E-state index >= 15 is 0 Å². The number of carbonyl (C=O) groups excluding carboxylic acids is 1. The molecule has 0 aromatic carbocycles. The maximum atomic E-state index is 11.0. The van der Waals surface area contributed by atoms with E-state index in [1.54, 1.807) is 6.07 Å². The first-order valence-corrected chi connectivity index (χ1v) is 4.17. The normalized spacial score (nSPS) is 10.2. The number of H-pyrrole nitrogens is 1. The molecule has 0 aliphatic rings. The van der Waals surface area contributed by atoms with Crippen molar-refractivity contribution in [3.8, 4) is 11.3 Å². The lowest BCUT2D eigenvalue weighted by Gasteiger charge is -1.92. The van der Waals surface area contributed by atoms with Crippen LogP contribution in [0, 0.1) is 10.1 Å². The van der Waals surface area contributed by atoms with Crippen molar-refractivity contribution in [3.63, 3.8) is 0 Å². The van der Waals surface area contributed by atoms with Crippen LogP contribution in [-0.4, -0.2) is 21.0 Å². The van der Waals surface area contributed by atoms with Gasteiger partial charge < -0.3 is 10.2 Å². The highest BCUT2D eigenvalue weighted by molar-refractivity contribution is 5.97. The van der Waals surface area contributed by atoms with Crippen LogP contribution in [0.5, 0.6) is 0 Å². The molecule has 0 bridgehead atoms. The minimum atomic E-state index is -0.877. The first-order chi connectivity index (χ1) is 7.59. The Balaban J connectivity index is 2.59. The van der Waals surface area contributed by atoms with Crippen molar-refractivity contribution in [1.29, 1.82) is 0 Å². The maximum Gasteiger partial charge on any atom is 0.434 e. The fraction of sp³-hybridized carbons (Fsp3) is 0. The monoisotopic (exact) mass is 222 g/mol. The van der Waals surface area contributed by atoms with Crippen LogP contribution in [0.3, 0.4) is 0 Å². The van der Waals surface area contributed by atoms with Crippen molar-refractivity contribution >= 4 is 11.8 Å². The number of nitrogens with zero attached hydrogens (tertiary/aromatic N) is 2. The van der Waals surface area contributed by atoms with Crippen molar-refractivity contribution in [2.75, 3.05) is 0 Å². The Labute approximate surface area is 88.2 Å². The maximum absolute atomic E-state index is 11.0. The summed E-state index contributed by atoms with van der Waals surface area (Å²) in [4.78, 5) is 20.8. The van der Waals surface area contributed by atoms with Crippen LogP contribution in [0.25, 0.3) is 11.3 Å². The van der Waals surface area contributed by atoms with E-state index in [0.717, 1.165) is 6.07 Å². The number of amides is 1. The zero-order chi connectivity index (χ0) is 11.7. The minimum absolute atomic E-state index is 0.219. The van der Waals surface area contributed by atoms with Gasteiger partial charge in [0.15, 0.2) is 0 Å². The van der Waals surface area contributed by atoms with Crippen molar-refractivity contribution < 1.29 is 14.1 Å². The third kappa shape index (κ3) is 1.52. The van der Waals surface area contributed by atoms with E-state index in [0.29, 0.717) is 5.69 Å². The van der Waals surface area contributed by atoms with Crippen LogP contribution >= 0.6 is 0 Å². The molecule has 82 valence electrons. The number of nitrogens with two attached hydrogens (primary N) is 1. The summed E-state index contributed by atoms with van der Waals surface area (Å²) in [5.74, 6) is -1.69. The second-order valence-corrected chi connectivity index (χ2v) is 2.92. The molecule has 0 unspecified atom stereocenters. The standard InChI is InChI=1S/C8H6N4O4/c9-8(13)7-4(5-1-2-10-11-5)3-6(16-7)12(14)15/h1-3H,(H2,9,13)(H,10,11). The number of aromatic nitrogens is 2. The third-order valence-corrected chi connectivity index (χ3v) is 1.91. The summed E-state index contributed by atoms with van der Waals surface area (Å²) in [6.07, 6.45) is 1.44. The number of furan rings is 1. The molecule has 0 spiro atoms. The fourth-order valence-corrected chi connectivity index (χ4v) is 1.26. The molecule has 16 heavy (non-hydrogen) atoms. The van der Waals surface area contributed by atoms with Gasteiger partial charge in [0.1, 0.15) is 4.92 Å². The second-order valence-electron chi connectivity index (χ2n) is 2.92. The van der Waals surface area contributed by atoms with Crippen LogP contribution in [0.4, 0.5) is 5.88 Å². The van der Waals surface area contributed by atoms with Crippen molar-refractivity contribution in [2.24, 2.45) is 5.73 Å². The zero-order valence-electron chi connectivity index (χ0n) is 7.84. The molecule has 0 atom stereocenters. The predicted molar refractivity (Wildman–Crippen MR) is 51.5 cm³/mol. The van der Waals surface area contributed by atoms with Crippen molar-refractivity contribution in [2.45, 2.75) is 0 Å². The number of rotatable bonds is 3. The van der Waals surface area contributed by atoms with E-state index in [1.807, 2.05) is 0 Å². The average molecular weight is 222 g/mol. The number of nitrogens with one attached hydrogen (secondary N) is 1. The molecule has 2 aromatic rings. The van der Waals surface area contributed by atoms with E-state index in [4.69, 9.17) is 10.2 Å². The highest BCUT2D eigenvalue weighted by Crippen LogP contribution is 2.29. The molecule has 8 nitrogen and oxygen atoms in total. The zero-order valence-corrected chi connectivity index (χ0v) is 7.84. The molecule has 2 aromatic heterocycles. The molecule has 8 heteroatoms. The van der Waals surface area contributed by atoms with E-state index in [2.05, 4.69) is 10.2 Å². The summed E-state index contributed by atoms with van der Waals surface area (Å²) in [6.45, 7) is 0. The molecular weight excluding hydrogens is 216 g/mol. The lowest BCUT2D eigenvalue weighted by Crippen LogP contribution is -2.10. The van der Waals surface area contributed by atoms with Gasteiger partial charge in [0.25, 0.3) is 5.91 Å². The Morgan fingerprint density at radius 3 is 2.88 bits per heavy atom. The summed E-state index contributed by atoms with van der Waals surface area (Å²) in [6, 6.07) is 2.66. The Kier molecular flexibility index (Phi) is 2.16. The molecule has 2 rings (SSSR count). The quantitative estimate of drug-likeness (QED) is 0.582. The molecule has 2 heterocycles. The van der Waals surface area contributed by atoms with Crippen LogP contribution in [0.1, 0.15) is 10.6 Å². The molecule has 0 fully saturated rings. The summed E-state index contributed by atoms with van der Waals surface area (Å²) in [5.41, 5.74) is 5.69. The van der Waals surface area contributed by atoms with E-state index in [-0.39, 0.29) is 11.3 Å². The highest BCUT2D eigenvalue weighted by atomic mass is 16.6. The Morgan fingerprint density at radius 1 is 1.62 bits per heavy atom. The molecule has 0 saturated carbocycles. The van der Waals surface area contributed by atoms with Gasteiger partial charge in [-0.1, -0.05) is 0 Å². The van der Waals surface area contributed by atoms with Gasteiger partial charge in [-0.15, -0.1) is 0 Å². The minimum Gasteiger partial charge on any atom is -0.395 e. The molecule has 3 N–H and O–H groups in total. The highest BCUT2D eigenvalue weighted by Gasteiger charge is 2.23. The van der Waals surface area contributed by atoms with Crippen molar-refractivity contribution in [3.05, 3.63) is 34.2 Å². The van der Waals surface area contributed by atoms with E-state index in [9.17, 15) is 14.9 Å². The smallest absolute Gasteiger partial charge is 0.395 e. The van der Waals surface area contributed by atoms with Crippen LogP contribution < -0.4 is 5.73 Å². The Hall–Kier alpha value is -2.64. The SMILES string of the molecule is NC(=O)c1oc([N+](=O)[O-])cc1-c1ccn[nH]1. The lowest BCUT2D eigenvalue weighted by molar-refractivity contribution is -0.402. The summed E-state index contributed by atoms with van der Waals surface area (Å²) in [7, 11) is 0. The molecule has 0 saturated heterocycles. The number of nitro groups is 1. The van der Waals surface area contributed by atoms with Crippen molar-refractivity contribution in [1.82, 2.24) is 10.2 Å². The van der Waals surface area contributed by atoms with Gasteiger partial charge in [0, 0.05) is 6.20 Å². The Morgan fingerprint density at radius 2 is 2.38 bits per heavy atom. The molecule has 0 aliphatic carbocycles. The van der Waals surface area contributed by atoms with Gasteiger partial charge in [0.05, 0.1) is 17.3 Å². The second kappa shape index (κ2) is 3.50. The fourth-order valence-electron chi connectivity index (χ4n) is 1.26. The Bertz CT molecular complexity index is 542. The third-order valence-electron chi connectivity index (χ3n) is 1.91. The van der Waals surface area contributed by atoms with E-state index < -0.39 is 16.7 Å². The number of hydrogen-bond acceptors (Lipinski definition) is 5. The van der Waals surface area contributed by atoms with Gasteiger partial charge in [-0.3, -0.25) is 20.0 Å². The largest absolute Gasteiger partial charge is 0.434 e. The average Bonchev–Trinajstić information content (AvgIpc) is 2.86. The van der Waals surface area contributed by atoms with Gasteiger partial charge in [-0.2, -0.15) is 5.10 Å². The number of primary amides is 1. The molecule has 1 amide bonds. The predicted octanol–water partition coefficient (Wildman–Crippen LogP) is 0.677. The van der Waals surface area contributed by atoms with Crippen LogP contribution in [0.15, 0.2) is 22.7 Å². The first-order valence-electron chi connectivity index (χ1n) is 4.17. The van der Waals surface area contributed by atoms with Gasteiger partial charge in [-0.25, -0.2) is 0 Å². The van der Waals surface area contributed by atoms with Crippen LogP contribution in [-0.2, 0) is 0 Å². The van der Waals surface area contributed by atoms with Gasteiger partial charge >= 0.3 is 5.88 Å². The summed E-state index contributed by atoms with van der Waals surface area (Å²) in [5, 5.41) is 16.7. The lowest BCUT2D eigenvalue weighted by atomic mass is 10.2. The van der Waals surface area contributed by atoms with E-state index in [1.165, 1.54) is 6.20 Å². The first kappa shape index (κ1) is 9.90. The van der Waals surface area contributed by atoms with Gasteiger partial charge in [-0.05, 0) is 6.07 Å². The molecular formula is C8H6N4O4. The number of carbonyl (C=O) groups is 1. The topological polar surface area (TPSA) is 128 Å². The van der Waals surface area contributed by atoms with Crippen LogP contribution in [0.2, 0.25) is 0 Å². The number of hydrogen-bond donors (Lipinski definition) is 2. The summed E-state index contributed by atoms with van der Waals surface area (Å²) < 4.78 is 4.74. The molecule has 0 aliphatic heterocycles. The van der Waals surface area contributed by atoms with Gasteiger partial charge in [0.2, 0.25) is 5.76 Å².